The summed E-state index contributed by atoms with van der Waals surface area (Å²) in [5.74, 6) is 0.141. The molecule has 0 amide bonds. The van der Waals surface area contributed by atoms with Crippen LogP contribution < -0.4 is 0 Å². The molecule has 0 saturated heterocycles. The third-order valence-electron chi connectivity index (χ3n) is 5.00. The van der Waals surface area contributed by atoms with E-state index in [-0.39, 0.29) is 22.3 Å². The van der Waals surface area contributed by atoms with Crippen molar-refractivity contribution in [3.05, 3.63) is 43.0 Å². The molecule has 1 aromatic carbocycles. The largest absolute Gasteiger partial charge is 0.414 e. The topological polar surface area (TPSA) is 26.3 Å². The summed E-state index contributed by atoms with van der Waals surface area (Å²) in [6.07, 6.45) is 1.87. The van der Waals surface area contributed by atoms with Gasteiger partial charge in [-0.25, -0.2) is 0 Å². The van der Waals surface area contributed by atoms with E-state index >= 15 is 0 Å². The second kappa shape index (κ2) is 7.91. The maximum atomic E-state index is 12.9. The average Bonchev–Trinajstić information content (AvgIpc) is 2.47. The molecule has 130 valence electrons. The molecule has 0 spiro atoms. The van der Waals surface area contributed by atoms with Gasteiger partial charge in [0.2, 0.25) is 0 Å². The van der Waals surface area contributed by atoms with E-state index in [1.165, 1.54) is 0 Å². The minimum atomic E-state index is -1.84. The van der Waals surface area contributed by atoms with E-state index in [4.69, 9.17) is 4.43 Å². The molecule has 0 aliphatic heterocycles. The Morgan fingerprint density at radius 2 is 1.70 bits per heavy atom. The van der Waals surface area contributed by atoms with Crippen LogP contribution in [0.2, 0.25) is 18.1 Å². The predicted molar refractivity (Wildman–Crippen MR) is 104 cm³/mol. The van der Waals surface area contributed by atoms with E-state index in [0.29, 0.717) is 0 Å². The molecule has 0 saturated carbocycles. The van der Waals surface area contributed by atoms with Crippen molar-refractivity contribution in [2.75, 3.05) is 0 Å². The van der Waals surface area contributed by atoms with Crippen molar-refractivity contribution < 1.29 is 8.63 Å². The lowest BCUT2D eigenvalue weighted by atomic mass is 10.0. The molecule has 0 aliphatic rings. The van der Waals surface area contributed by atoms with Crippen molar-refractivity contribution in [1.82, 2.24) is 0 Å². The van der Waals surface area contributed by atoms with Gasteiger partial charge in [0.25, 0.3) is 0 Å². The smallest absolute Gasteiger partial charge is 0.192 e. The van der Waals surface area contributed by atoms with Gasteiger partial charge in [-0.1, -0.05) is 52.0 Å². The second-order valence-corrected chi connectivity index (χ2v) is 14.1. The zero-order chi connectivity index (χ0) is 17.8. The van der Waals surface area contributed by atoms with E-state index in [2.05, 4.69) is 54.3 Å². The van der Waals surface area contributed by atoms with Crippen molar-refractivity contribution in [2.45, 2.75) is 69.0 Å². The van der Waals surface area contributed by atoms with Gasteiger partial charge in [-0.3, -0.25) is 4.21 Å². The van der Waals surface area contributed by atoms with E-state index in [1.807, 2.05) is 36.4 Å². The Morgan fingerprint density at radius 1 is 1.17 bits per heavy atom. The van der Waals surface area contributed by atoms with Crippen molar-refractivity contribution in [3.8, 4) is 0 Å². The van der Waals surface area contributed by atoms with Gasteiger partial charge in [0.15, 0.2) is 8.32 Å². The molecule has 0 bridgehead atoms. The van der Waals surface area contributed by atoms with Gasteiger partial charge in [-0.2, -0.15) is 0 Å². The fraction of sp³-hybridized carbons (Fsp3) is 0.579. The van der Waals surface area contributed by atoms with Crippen molar-refractivity contribution >= 4 is 19.1 Å². The summed E-state index contributed by atoms with van der Waals surface area (Å²) in [4.78, 5) is 0.851. The van der Waals surface area contributed by atoms with Gasteiger partial charge in [0.05, 0.1) is 16.0 Å². The first-order valence-electron chi connectivity index (χ1n) is 8.27. The Bertz CT molecular complexity index is 534. The zero-order valence-electron chi connectivity index (χ0n) is 15.6. The lowest BCUT2D eigenvalue weighted by molar-refractivity contribution is 0.146. The van der Waals surface area contributed by atoms with Gasteiger partial charge in [-0.05, 0) is 43.1 Å². The summed E-state index contributed by atoms with van der Waals surface area (Å²) in [6, 6.07) is 9.62. The van der Waals surface area contributed by atoms with Crippen LogP contribution in [-0.2, 0) is 15.2 Å². The van der Waals surface area contributed by atoms with Gasteiger partial charge >= 0.3 is 0 Å². The summed E-state index contributed by atoms with van der Waals surface area (Å²) in [7, 11) is -2.94. The Labute approximate surface area is 145 Å². The van der Waals surface area contributed by atoms with Crippen molar-refractivity contribution in [1.29, 1.82) is 0 Å². The third-order valence-corrected chi connectivity index (χ3v) is 11.4. The van der Waals surface area contributed by atoms with Gasteiger partial charge < -0.3 is 4.43 Å². The first kappa shape index (κ1) is 20.3. The molecule has 4 atom stereocenters. The summed E-state index contributed by atoms with van der Waals surface area (Å²) in [5.41, 5.74) is 0. The number of rotatable bonds is 7. The third kappa shape index (κ3) is 5.13. The molecule has 23 heavy (non-hydrogen) atoms. The highest BCUT2D eigenvalue weighted by atomic mass is 32.2. The van der Waals surface area contributed by atoms with Crippen LogP contribution in [0.3, 0.4) is 0 Å². The summed E-state index contributed by atoms with van der Waals surface area (Å²) in [5, 5.41) is 0.0561. The molecule has 1 rings (SSSR count). The van der Waals surface area contributed by atoms with Crippen LogP contribution in [0.25, 0.3) is 0 Å². The molecule has 2 nitrogen and oxygen atoms in total. The maximum absolute atomic E-state index is 12.9. The van der Waals surface area contributed by atoms with Crippen molar-refractivity contribution in [3.63, 3.8) is 0 Å². The number of benzene rings is 1. The molecule has 0 heterocycles. The van der Waals surface area contributed by atoms with Crippen LogP contribution >= 0.6 is 0 Å². The summed E-state index contributed by atoms with van der Waals surface area (Å²) < 4.78 is 19.4. The lowest BCUT2D eigenvalue weighted by Gasteiger charge is -2.40. The van der Waals surface area contributed by atoms with Crippen LogP contribution in [0.5, 0.6) is 0 Å². The molecule has 4 heteroatoms. The van der Waals surface area contributed by atoms with Gasteiger partial charge in [-0.15, -0.1) is 6.58 Å². The summed E-state index contributed by atoms with van der Waals surface area (Å²) >= 11 is 0. The van der Waals surface area contributed by atoms with Crippen LogP contribution in [0.1, 0.15) is 34.6 Å². The molecule has 0 aliphatic carbocycles. The molecule has 0 aromatic heterocycles. The normalized spacial score (nSPS) is 18.0. The Hall–Kier alpha value is -0.713. The number of hydrogen-bond acceptors (Lipinski definition) is 2. The highest BCUT2D eigenvalue weighted by Gasteiger charge is 2.40. The molecule has 1 aromatic rings. The summed E-state index contributed by atoms with van der Waals surface area (Å²) in [6.45, 7) is 19.4. The van der Waals surface area contributed by atoms with Crippen LogP contribution in [-0.4, -0.2) is 23.9 Å². The Kier molecular flexibility index (Phi) is 6.99. The molecular weight excluding hydrogens is 320 g/mol. The molecule has 0 radical (unpaired) electrons. The van der Waals surface area contributed by atoms with Crippen LogP contribution in [0.4, 0.5) is 0 Å². The van der Waals surface area contributed by atoms with Crippen LogP contribution in [0, 0.1) is 5.92 Å². The van der Waals surface area contributed by atoms with E-state index in [1.54, 1.807) is 0 Å². The van der Waals surface area contributed by atoms with E-state index in [9.17, 15) is 4.21 Å². The van der Waals surface area contributed by atoms with Gasteiger partial charge in [0, 0.05) is 11.0 Å². The molecular formula is C19H32O2SSi. The minimum Gasteiger partial charge on any atom is -0.414 e. The minimum absolute atomic E-state index is 0.0477. The average molecular weight is 353 g/mol. The monoisotopic (exact) mass is 352 g/mol. The SMILES string of the molecule is C=CC([C@@H](C)[C@H](C)O[Si](C)(C)C(C)(C)C)S(=O)c1ccccc1. The van der Waals surface area contributed by atoms with E-state index in [0.717, 1.165) is 4.90 Å². The highest BCUT2D eigenvalue weighted by Crippen LogP contribution is 2.38. The Morgan fingerprint density at radius 3 is 2.13 bits per heavy atom. The Balaban J connectivity index is 2.90. The van der Waals surface area contributed by atoms with Crippen LogP contribution in [0.15, 0.2) is 47.9 Å². The molecule has 0 N–H and O–H groups in total. The predicted octanol–water partition coefficient (Wildman–Crippen LogP) is 5.40. The van der Waals surface area contributed by atoms with Gasteiger partial charge in [0.1, 0.15) is 0 Å². The number of hydrogen-bond donors (Lipinski definition) is 0. The fourth-order valence-electron chi connectivity index (χ4n) is 2.22. The highest BCUT2D eigenvalue weighted by molar-refractivity contribution is 7.85. The molecule has 2 unspecified atom stereocenters. The first-order chi connectivity index (χ1) is 10.5. The van der Waals surface area contributed by atoms with Crippen molar-refractivity contribution in [2.24, 2.45) is 5.92 Å². The zero-order valence-corrected chi connectivity index (χ0v) is 17.4. The quantitative estimate of drug-likeness (QED) is 0.485. The van der Waals surface area contributed by atoms with E-state index < -0.39 is 19.1 Å². The molecule has 0 fully saturated rings. The lowest BCUT2D eigenvalue weighted by Crippen LogP contribution is -2.46. The fourth-order valence-corrected chi connectivity index (χ4v) is 5.25. The first-order valence-corrected chi connectivity index (χ1v) is 12.4. The maximum Gasteiger partial charge on any atom is 0.192 e. The second-order valence-electron chi connectivity index (χ2n) is 7.75. The standard InChI is InChI=1S/C19H32O2SSi/c1-9-18(22(20)17-13-11-10-12-14-17)15(2)16(3)21-23(7,8)19(4,5)6/h9-16,18H,1H2,2-8H3/t15-,16-,18?,22?/m0/s1.